The van der Waals surface area contributed by atoms with Gasteiger partial charge in [-0.25, -0.2) is 13.1 Å². The fraction of sp³-hybridized carbons (Fsp3) is 0.538. The molecule has 1 aromatic carbocycles. The summed E-state index contributed by atoms with van der Waals surface area (Å²) in [4.78, 5) is 0.218. The zero-order chi connectivity index (χ0) is 13.9. The van der Waals surface area contributed by atoms with Gasteiger partial charge in [-0.2, -0.15) is 0 Å². The third-order valence-electron chi connectivity index (χ3n) is 3.50. The molecule has 0 bridgehead atoms. The Morgan fingerprint density at radius 3 is 2.32 bits per heavy atom. The molecule has 1 saturated carbocycles. The quantitative estimate of drug-likeness (QED) is 0.878. The summed E-state index contributed by atoms with van der Waals surface area (Å²) in [6.07, 6.45) is 4.35. The second-order valence-electron chi connectivity index (χ2n) is 5.06. The highest BCUT2D eigenvalue weighted by molar-refractivity contribution is 9.10. The van der Waals surface area contributed by atoms with Crippen LogP contribution in [0.2, 0.25) is 0 Å². The summed E-state index contributed by atoms with van der Waals surface area (Å²) in [7, 11) is -3.55. The van der Waals surface area contributed by atoms with E-state index in [1.54, 1.807) is 12.1 Å². The first-order valence-electron chi connectivity index (χ1n) is 6.39. The highest BCUT2D eigenvalue weighted by Gasteiger charge is 2.30. The minimum atomic E-state index is -3.55. The Hall–Kier alpha value is -0.430. The van der Waals surface area contributed by atoms with Crippen molar-refractivity contribution in [1.29, 1.82) is 0 Å². The van der Waals surface area contributed by atoms with E-state index in [1.165, 1.54) is 12.1 Å². The number of hydrogen-bond acceptors (Lipinski definition) is 3. The van der Waals surface area contributed by atoms with E-state index in [-0.39, 0.29) is 11.4 Å². The summed E-state index contributed by atoms with van der Waals surface area (Å²) in [5.41, 5.74) is -0.888. The molecule has 4 nitrogen and oxygen atoms in total. The standard InChI is InChI=1S/C13H18BrNO3S/c14-11-4-6-12(7-5-11)19(17,18)15-10-13(16)8-2-1-3-9-13/h4-7,15-16H,1-3,8-10H2. The van der Waals surface area contributed by atoms with Gasteiger partial charge >= 0.3 is 0 Å². The predicted octanol–water partition coefficient (Wildman–Crippen LogP) is 2.42. The first kappa shape index (κ1) is 15.0. The van der Waals surface area contributed by atoms with Crippen LogP contribution in [-0.2, 0) is 10.0 Å². The van der Waals surface area contributed by atoms with E-state index >= 15 is 0 Å². The normalized spacial score (nSPS) is 19.3. The molecule has 0 heterocycles. The topological polar surface area (TPSA) is 66.4 Å². The molecule has 0 saturated heterocycles. The van der Waals surface area contributed by atoms with Crippen LogP contribution in [0.15, 0.2) is 33.6 Å². The molecule has 0 unspecified atom stereocenters. The van der Waals surface area contributed by atoms with E-state index in [2.05, 4.69) is 20.7 Å². The smallest absolute Gasteiger partial charge is 0.240 e. The minimum Gasteiger partial charge on any atom is -0.389 e. The van der Waals surface area contributed by atoms with Gasteiger partial charge in [-0.15, -0.1) is 0 Å². The molecule has 0 atom stereocenters. The molecule has 1 aromatic rings. The van der Waals surface area contributed by atoms with Crippen molar-refractivity contribution < 1.29 is 13.5 Å². The lowest BCUT2D eigenvalue weighted by Crippen LogP contribution is -2.44. The van der Waals surface area contributed by atoms with E-state index in [0.29, 0.717) is 12.8 Å². The summed E-state index contributed by atoms with van der Waals surface area (Å²) in [6.45, 7) is 0.0887. The highest BCUT2D eigenvalue weighted by Crippen LogP contribution is 2.27. The summed E-state index contributed by atoms with van der Waals surface area (Å²) < 4.78 is 27.5. The summed E-state index contributed by atoms with van der Waals surface area (Å²) in [6, 6.07) is 6.45. The zero-order valence-electron chi connectivity index (χ0n) is 10.6. The van der Waals surface area contributed by atoms with Gasteiger partial charge in [0.2, 0.25) is 10.0 Å². The Kier molecular flexibility index (Phi) is 4.66. The van der Waals surface area contributed by atoms with Crippen molar-refractivity contribution in [1.82, 2.24) is 4.72 Å². The van der Waals surface area contributed by atoms with E-state index in [9.17, 15) is 13.5 Å². The fourth-order valence-electron chi connectivity index (χ4n) is 2.31. The lowest BCUT2D eigenvalue weighted by atomic mass is 9.85. The van der Waals surface area contributed by atoms with Gasteiger partial charge in [0, 0.05) is 11.0 Å². The first-order valence-corrected chi connectivity index (χ1v) is 8.67. The first-order chi connectivity index (χ1) is 8.91. The van der Waals surface area contributed by atoms with E-state index in [0.717, 1.165) is 23.7 Å². The van der Waals surface area contributed by atoms with Crippen LogP contribution in [0.3, 0.4) is 0 Å². The minimum absolute atomic E-state index is 0.0887. The van der Waals surface area contributed by atoms with Crippen molar-refractivity contribution >= 4 is 26.0 Å². The third-order valence-corrected chi connectivity index (χ3v) is 5.45. The fourth-order valence-corrected chi connectivity index (χ4v) is 3.70. The molecule has 6 heteroatoms. The van der Waals surface area contributed by atoms with Crippen molar-refractivity contribution in [2.24, 2.45) is 0 Å². The molecule has 0 aromatic heterocycles. The Bertz CT molecular complexity index is 521. The summed E-state index contributed by atoms with van der Waals surface area (Å²) in [5.74, 6) is 0. The number of benzene rings is 1. The molecule has 2 N–H and O–H groups in total. The zero-order valence-corrected chi connectivity index (χ0v) is 13.0. The van der Waals surface area contributed by atoms with Crippen LogP contribution in [0.5, 0.6) is 0 Å². The summed E-state index contributed by atoms with van der Waals surface area (Å²) in [5, 5.41) is 10.3. The Balaban J connectivity index is 2.03. The maximum Gasteiger partial charge on any atom is 0.240 e. The van der Waals surface area contributed by atoms with Crippen LogP contribution >= 0.6 is 15.9 Å². The van der Waals surface area contributed by atoms with Gasteiger partial charge in [0.05, 0.1) is 10.5 Å². The highest BCUT2D eigenvalue weighted by atomic mass is 79.9. The number of hydrogen-bond donors (Lipinski definition) is 2. The molecule has 2 rings (SSSR count). The van der Waals surface area contributed by atoms with Gasteiger partial charge in [0.1, 0.15) is 0 Å². The second-order valence-corrected chi connectivity index (χ2v) is 7.75. The average Bonchev–Trinajstić information content (AvgIpc) is 2.38. The number of halogens is 1. The molecule has 0 aliphatic heterocycles. The molecule has 0 spiro atoms. The van der Waals surface area contributed by atoms with Crippen molar-refractivity contribution in [3.8, 4) is 0 Å². The number of rotatable bonds is 4. The summed E-state index contributed by atoms with van der Waals surface area (Å²) >= 11 is 3.27. The van der Waals surface area contributed by atoms with Crippen molar-refractivity contribution in [3.05, 3.63) is 28.7 Å². The van der Waals surface area contributed by atoms with Gasteiger partial charge in [0.15, 0.2) is 0 Å². The molecule has 0 amide bonds. The second kappa shape index (κ2) is 5.91. The van der Waals surface area contributed by atoms with Crippen LogP contribution < -0.4 is 4.72 Å². The molecular weight excluding hydrogens is 330 g/mol. The van der Waals surface area contributed by atoms with Crippen molar-refractivity contribution in [3.63, 3.8) is 0 Å². The SMILES string of the molecule is O=S(=O)(NCC1(O)CCCCC1)c1ccc(Br)cc1. The lowest BCUT2D eigenvalue weighted by molar-refractivity contribution is 0.00945. The maximum absolute atomic E-state index is 12.1. The average molecular weight is 348 g/mol. The van der Waals surface area contributed by atoms with Crippen molar-refractivity contribution in [2.75, 3.05) is 6.54 Å². The molecule has 106 valence electrons. The van der Waals surface area contributed by atoms with Gasteiger partial charge in [0.25, 0.3) is 0 Å². The van der Waals surface area contributed by atoms with Crippen LogP contribution in [0.4, 0.5) is 0 Å². The molecule has 1 aliphatic rings. The molecular formula is C13H18BrNO3S. The molecule has 19 heavy (non-hydrogen) atoms. The Morgan fingerprint density at radius 1 is 1.16 bits per heavy atom. The van der Waals surface area contributed by atoms with Gasteiger partial charge in [-0.3, -0.25) is 0 Å². The number of nitrogens with one attached hydrogen (secondary N) is 1. The largest absolute Gasteiger partial charge is 0.389 e. The van der Waals surface area contributed by atoms with Gasteiger partial charge in [-0.05, 0) is 37.1 Å². The van der Waals surface area contributed by atoms with E-state index in [1.807, 2.05) is 0 Å². The molecule has 0 radical (unpaired) electrons. The van der Waals surface area contributed by atoms with Gasteiger partial charge < -0.3 is 5.11 Å². The van der Waals surface area contributed by atoms with Crippen molar-refractivity contribution in [2.45, 2.75) is 42.6 Å². The van der Waals surface area contributed by atoms with Gasteiger partial charge in [-0.1, -0.05) is 35.2 Å². The molecule has 1 aliphatic carbocycles. The van der Waals surface area contributed by atoms with E-state index < -0.39 is 15.6 Å². The van der Waals surface area contributed by atoms with E-state index in [4.69, 9.17) is 0 Å². The maximum atomic E-state index is 12.1. The predicted molar refractivity (Wildman–Crippen MR) is 77.4 cm³/mol. The lowest BCUT2D eigenvalue weighted by Gasteiger charge is -2.32. The third kappa shape index (κ3) is 4.02. The Labute approximate surface area is 122 Å². The van der Waals surface area contributed by atoms with Crippen LogP contribution in [0.25, 0.3) is 0 Å². The molecule has 1 fully saturated rings. The number of sulfonamides is 1. The monoisotopic (exact) mass is 347 g/mol. The number of aliphatic hydroxyl groups is 1. The van der Waals surface area contributed by atoms with Crippen LogP contribution in [-0.4, -0.2) is 25.7 Å². The van der Waals surface area contributed by atoms with Crippen LogP contribution in [0.1, 0.15) is 32.1 Å². The van der Waals surface area contributed by atoms with Crippen LogP contribution in [0, 0.1) is 0 Å². The Morgan fingerprint density at radius 2 is 1.74 bits per heavy atom.